The van der Waals surface area contributed by atoms with Gasteiger partial charge in [-0.3, -0.25) is 4.90 Å². The third-order valence-corrected chi connectivity index (χ3v) is 8.15. The zero-order valence-corrected chi connectivity index (χ0v) is 19.8. The van der Waals surface area contributed by atoms with E-state index in [2.05, 4.69) is 16.0 Å². The Hall–Kier alpha value is -2.86. The molecule has 178 valence electrons. The summed E-state index contributed by atoms with van der Waals surface area (Å²) in [5.41, 5.74) is 4.00. The maximum Gasteiger partial charge on any atom is 0.341 e. The van der Waals surface area contributed by atoms with Gasteiger partial charge in [-0.2, -0.15) is 0 Å². The van der Waals surface area contributed by atoms with E-state index in [0.29, 0.717) is 11.5 Å². The fraction of sp³-hybridized carbons (Fsp3) is 0.464. The van der Waals surface area contributed by atoms with Crippen LogP contribution >= 0.6 is 0 Å². The van der Waals surface area contributed by atoms with Crippen LogP contribution in [-0.4, -0.2) is 34.7 Å². The summed E-state index contributed by atoms with van der Waals surface area (Å²) in [5, 5.41) is 0.925. The summed E-state index contributed by atoms with van der Waals surface area (Å²) >= 11 is 0. The van der Waals surface area contributed by atoms with Crippen LogP contribution in [0.5, 0.6) is 5.75 Å². The second kappa shape index (κ2) is 8.12. The molecule has 0 amide bonds. The first kappa shape index (κ1) is 21.7. The van der Waals surface area contributed by atoms with Crippen LogP contribution in [0.2, 0.25) is 0 Å². The Bertz CT molecular complexity index is 1250. The summed E-state index contributed by atoms with van der Waals surface area (Å²) in [6.07, 6.45) is 6.29. The zero-order valence-electron chi connectivity index (χ0n) is 19.8. The molecule has 3 aromatic rings. The molecule has 6 heteroatoms. The molecule has 5 nitrogen and oxygen atoms in total. The van der Waals surface area contributed by atoms with Crippen LogP contribution in [0.25, 0.3) is 10.9 Å². The van der Waals surface area contributed by atoms with Crippen molar-refractivity contribution < 1.29 is 18.7 Å². The largest absolute Gasteiger partial charge is 0.472 e. The van der Waals surface area contributed by atoms with Gasteiger partial charge in [-0.15, -0.1) is 0 Å². The molecule has 34 heavy (non-hydrogen) atoms. The van der Waals surface area contributed by atoms with Gasteiger partial charge in [0.05, 0.1) is 5.56 Å². The van der Waals surface area contributed by atoms with E-state index in [1.807, 2.05) is 19.9 Å². The summed E-state index contributed by atoms with van der Waals surface area (Å²) in [6.45, 7) is 5.95. The summed E-state index contributed by atoms with van der Waals surface area (Å²) < 4.78 is 26.0. The number of aryl methyl sites for hydroxylation is 1. The lowest BCUT2D eigenvalue weighted by atomic mass is 9.74. The fourth-order valence-corrected chi connectivity index (χ4v) is 6.49. The van der Waals surface area contributed by atoms with Crippen molar-refractivity contribution in [2.45, 2.75) is 64.2 Å². The Morgan fingerprint density at radius 2 is 1.97 bits per heavy atom. The molecular formula is C28H31FN2O3. The van der Waals surface area contributed by atoms with Crippen molar-refractivity contribution in [1.29, 1.82) is 0 Å². The molecular weight excluding hydrogens is 431 g/mol. The summed E-state index contributed by atoms with van der Waals surface area (Å²) in [7, 11) is 0. The van der Waals surface area contributed by atoms with Gasteiger partial charge in [-0.25, -0.2) is 9.18 Å². The summed E-state index contributed by atoms with van der Waals surface area (Å²) in [4.78, 5) is 19.4. The molecule has 2 fully saturated rings. The van der Waals surface area contributed by atoms with Crippen LogP contribution in [-0.2, 0) is 11.2 Å². The Morgan fingerprint density at radius 3 is 2.79 bits per heavy atom. The minimum atomic E-state index is -0.481. The molecule has 6 rings (SSSR count). The number of nitrogens with zero attached hydrogens (tertiary/aromatic N) is 1. The van der Waals surface area contributed by atoms with Crippen LogP contribution in [0, 0.1) is 18.7 Å². The number of benzene rings is 2. The first-order valence-electron chi connectivity index (χ1n) is 12.5. The van der Waals surface area contributed by atoms with E-state index >= 15 is 0 Å². The number of hydrogen-bond donors (Lipinski definition) is 1. The van der Waals surface area contributed by atoms with Gasteiger partial charge in [-0.05, 0) is 75.8 Å². The quantitative estimate of drug-likeness (QED) is 0.481. The minimum absolute atomic E-state index is 0.194. The molecule has 0 radical (unpaired) electrons. The monoisotopic (exact) mass is 462 g/mol. The first-order valence-corrected chi connectivity index (χ1v) is 12.5. The van der Waals surface area contributed by atoms with Gasteiger partial charge in [0.15, 0.2) is 5.72 Å². The molecule has 2 aromatic carbocycles. The van der Waals surface area contributed by atoms with Crippen molar-refractivity contribution in [1.82, 2.24) is 9.88 Å². The van der Waals surface area contributed by atoms with Crippen LogP contribution in [0.3, 0.4) is 0 Å². The lowest BCUT2D eigenvalue weighted by Gasteiger charge is -2.56. The normalized spacial score (nSPS) is 25.1. The van der Waals surface area contributed by atoms with Gasteiger partial charge in [0, 0.05) is 47.6 Å². The standard InChI is InChI=1S/C28H31FN2O3/c1-17-25(27(32)33-18(2)19-7-9-21(29)10-8-19)26-22-16-20-6-5-15-31-14-4-3-13-28(20,31)34-24(22)12-11-23(26)30-17/h7-12,18,20,30H,3-6,13-16H2,1-2H3/t18-,20?,28?/m0/s1. The third-order valence-electron chi connectivity index (χ3n) is 8.15. The number of nitrogens with one attached hydrogen (secondary N) is 1. The van der Waals surface area contributed by atoms with Crippen molar-refractivity contribution in [3.63, 3.8) is 0 Å². The van der Waals surface area contributed by atoms with E-state index in [9.17, 15) is 9.18 Å². The Labute approximate surface area is 199 Å². The van der Waals surface area contributed by atoms with E-state index in [0.717, 1.165) is 65.8 Å². The molecule has 0 bridgehead atoms. The van der Waals surface area contributed by atoms with E-state index in [1.165, 1.54) is 31.4 Å². The Balaban J connectivity index is 1.38. The van der Waals surface area contributed by atoms with Crippen molar-refractivity contribution in [2.24, 2.45) is 5.92 Å². The number of esters is 1. The highest BCUT2D eigenvalue weighted by Gasteiger charge is 2.52. The molecule has 0 saturated carbocycles. The predicted octanol–water partition coefficient (Wildman–Crippen LogP) is 6.06. The van der Waals surface area contributed by atoms with Gasteiger partial charge in [0.1, 0.15) is 17.7 Å². The fourth-order valence-electron chi connectivity index (χ4n) is 6.49. The first-order chi connectivity index (χ1) is 16.5. The van der Waals surface area contributed by atoms with Gasteiger partial charge in [-0.1, -0.05) is 12.1 Å². The zero-order chi connectivity index (χ0) is 23.4. The lowest BCUT2D eigenvalue weighted by Crippen LogP contribution is -2.64. The number of carbonyl (C=O) groups is 1. The van der Waals surface area contributed by atoms with E-state index < -0.39 is 6.10 Å². The molecule has 3 aliphatic heterocycles. The predicted molar refractivity (Wildman–Crippen MR) is 128 cm³/mol. The van der Waals surface area contributed by atoms with Crippen LogP contribution < -0.4 is 4.74 Å². The highest BCUT2D eigenvalue weighted by molar-refractivity contribution is 6.07. The number of carbonyl (C=O) groups excluding carboxylic acids is 1. The summed E-state index contributed by atoms with van der Waals surface area (Å²) in [6, 6.07) is 10.2. The molecule has 3 aliphatic rings. The number of piperidine rings is 2. The molecule has 2 unspecified atom stereocenters. The van der Waals surface area contributed by atoms with Crippen LogP contribution in [0.15, 0.2) is 36.4 Å². The van der Waals surface area contributed by atoms with Crippen LogP contribution in [0.1, 0.15) is 72.3 Å². The number of ether oxygens (including phenoxy) is 2. The second-order valence-corrected chi connectivity index (χ2v) is 10.1. The highest BCUT2D eigenvalue weighted by Crippen LogP contribution is 2.50. The van der Waals surface area contributed by atoms with E-state index in [4.69, 9.17) is 9.47 Å². The van der Waals surface area contributed by atoms with Crippen molar-refractivity contribution in [3.8, 4) is 5.75 Å². The number of rotatable bonds is 3. The smallest absolute Gasteiger partial charge is 0.341 e. The molecule has 2 saturated heterocycles. The SMILES string of the molecule is Cc1[nH]c2ccc3c(c2c1C(=O)O[C@@H](C)c1ccc(F)cc1)CC1CCCN2CCCCC12O3. The van der Waals surface area contributed by atoms with E-state index in [-0.39, 0.29) is 17.5 Å². The average Bonchev–Trinajstić information content (AvgIpc) is 3.18. The number of aromatic nitrogens is 1. The minimum Gasteiger partial charge on any atom is -0.472 e. The maximum absolute atomic E-state index is 13.4. The van der Waals surface area contributed by atoms with Crippen LogP contribution in [0.4, 0.5) is 4.39 Å². The number of halogens is 1. The van der Waals surface area contributed by atoms with Gasteiger partial charge >= 0.3 is 5.97 Å². The Morgan fingerprint density at radius 1 is 1.18 bits per heavy atom. The molecule has 0 aliphatic carbocycles. The maximum atomic E-state index is 13.4. The molecule has 3 atom stereocenters. The van der Waals surface area contributed by atoms with Gasteiger partial charge < -0.3 is 14.5 Å². The molecule has 1 aromatic heterocycles. The van der Waals surface area contributed by atoms with E-state index in [1.54, 1.807) is 12.1 Å². The van der Waals surface area contributed by atoms with Crippen molar-refractivity contribution >= 4 is 16.9 Å². The molecule has 4 heterocycles. The highest BCUT2D eigenvalue weighted by atomic mass is 19.1. The number of H-pyrrole nitrogens is 1. The van der Waals surface area contributed by atoms with Crippen molar-refractivity contribution in [2.75, 3.05) is 13.1 Å². The van der Waals surface area contributed by atoms with Crippen molar-refractivity contribution in [3.05, 3.63) is 64.6 Å². The summed E-state index contributed by atoms with van der Waals surface area (Å²) in [5.74, 6) is 0.657. The topological polar surface area (TPSA) is 54.6 Å². The van der Waals surface area contributed by atoms with Gasteiger partial charge in [0.2, 0.25) is 0 Å². The third kappa shape index (κ3) is 3.34. The molecule has 1 spiro atoms. The Kier molecular flexibility index (Phi) is 5.17. The van der Waals surface area contributed by atoms with Gasteiger partial charge in [0.25, 0.3) is 0 Å². The number of aromatic amines is 1. The number of fused-ring (bicyclic) bond motifs is 3. The molecule has 1 N–H and O–H groups in total. The lowest BCUT2D eigenvalue weighted by molar-refractivity contribution is -0.177. The number of hydrogen-bond acceptors (Lipinski definition) is 4. The second-order valence-electron chi connectivity index (χ2n) is 10.1. The average molecular weight is 463 g/mol.